The van der Waals surface area contributed by atoms with Crippen LogP contribution in [0, 0.1) is 13.8 Å². The summed E-state index contributed by atoms with van der Waals surface area (Å²) in [7, 11) is 6.00. The van der Waals surface area contributed by atoms with Gasteiger partial charge in [0.2, 0.25) is 0 Å². The maximum atomic E-state index is 4.45. The van der Waals surface area contributed by atoms with Gasteiger partial charge in [-0.15, -0.1) is 0 Å². The van der Waals surface area contributed by atoms with E-state index in [1.165, 1.54) is 24.1 Å². The number of hydrogen-bond acceptors (Lipinski definition) is 3. The first-order chi connectivity index (χ1) is 10.4. The van der Waals surface area contributed by atoms with Gasteiger partial charge >= 0.3 is 0 Å². The summed E-state index contributed by atoms with van der Waals surface area (Å²) in [6.07, 6.45) is 2.68. The molecule has 0 bridgehead atoms. The van der Waals surface area contributed by atoms with Gasteiger partial charge in [-0.05, 0) is 40.7 Å². The van der Waals surface area contributed by atoms with Crippen LogP contribution in [0.5, 0.6) is 0 Å². The molecule has 0 aliphatic heterocycles. The van der Waals surface area contributed by atoms with Crippen molar-refractivity contribution in [2.75, 3.05) is 20.6 Å². The highest BCUT2D eigenvalue weighted by Crippen LogP contribution is 2.26. The largest absolute Gasteiger partial charge is 0.355 e. The second-order valence-corrected chi connectivity index (χ2v) is 6.33. The van der Waals surface area contributed by atoms with Crippen LogP contribution in [0.3, 0.4) is 0 Å². The van der Waals surface area contributed by atoms with Crippen LogP contribution in [0.25, 0.3) is 0 Å². The normalized spacial score (nSPS) is 17.0. The van der Waals surface area contributed by atoms with Crippen molar-refractivity contribution in [1.29, 1.82) is 0 Å². The molecule has 1 aromatic rings. The molecule has 1 saturated carbocycles. The molecule has 1 atom stereocenters. The van der Waals surface area contributed by atoms with Gasteiger partial charge in [0.05, 0.1) is 5.69 Å². The molecule has 0 radical (unpaired) electrons. The number of aromatic nitrogens is 2. The molecular formula is C16H30N6. The molecule has 1 unspecified atom stereocenters. The Hall–Kier alpha value is -1.56. The lowest BCUT2D eigenvalue weighted by atomic mass is 10.2. The number of nitrogens with one attached hydrogen (secondary N) is 2. The molecule has 0 saturated heterocycles. The van der Waals surface area contributed by atoms with E-state index in [9.17, 15) is 0 Å². The average Bonchev–Trinajstić information content (AvgIpc) is 3.30. The Morgan fingerprint density at radius 3 is 2.59 bits per heavy atom. The molecule has 22 heavy (non-hydrogen) atoms. The Kier molecular flexibility index (Phi) is 5.45. The number of guanidine groups is 1. The molecule has 1 aliphatic carbocycles. The summed E-state index contributed by atoms with van der Waals surface area (Å²) >= 11 is 0. The summed E-state index contributed by atoms with van der Waals surface area (Å²) in [5, 5.41) is 11.3. The van der Waals surface area contributed by atoms with Crippen molar-refractivity contribution in [3.8, 4) is 0 Å². The molecule has 0 aromatic carbocycles. The maximum Gasteiger partial charge on any atom is 0.191 e. The molecule has 1 aromatic heterocycles. The van der Waals surface area contributed by atoms with E-state index in [1.807, 2.05) is 25.7 Å². The molecule has 2 rings (SSSR count). The zero-order valence-electron chi connectivity index (χ0n) is 14.8. The van der Waals surface area contributed by atoms with E-state index in [-0.39, 0.29) is 0 Å². The first-order valence-electron chi connectivity index (χ1n) is 8.09. The number of likely N-dealkylation sites (N-methyl/N-ethyl adjacent to an activating group) is 1. The minimum absolute atomic E-state index is 0.507. The lowest BCUT2D eigenvalue weighted by molar-refractivity contribution is 0.247. The highest BCUT2D eigenvalue weighted by atomic mass is 15.3. The van der Waals surface area contributed by atoms with Gasteiger partial charge in [-0.3, -0.25) is 14.6 Å². The van der Waals surface area contributed by atoms with Crippen LogP contribution in [0.15, 0.2) is 4.99 Å². The summed E-state index contributed by atoms with van der Waals surface area (Å²) in [6, 6.07) is 1.29. The zero-order valence-corrected chi connectivity index (χ0v) is 14.8. The lowest BCUT2D eigenvalue weighted by Crippen LogP contribution is -2.45. The fraction of sp³-hybridized carbons (Fsp3) is 0.750. The van der Waals surface area contributed by atoms with Crippen molar-refractivity contribution in [2.45, 2.75) is 52.2 Å². The Morgan fingerprint density at radius 1 is 1.41 bits per heavy atom. The van der Waals surface area contributed by atoms with E-state index in [0.29, 0.717) is 6.04 Å². The van der Waals surface area contributed by atoms with Crippen molar-refractivity contribution in [2.24, 2.45) is 12.0 Å². The van der Waals surface area contributed by atoms with Crippen LogP contribution in [-0.4, -0.2) is 53.4 Å². The second kappa shape index (κ2) is 7.13. The van der Waals surface area contributed by atoms with Gasteiger partial charge in [0.1, 0.15) is 0 Å². The van der Waals surface area contributed by atoms with Gasteiger partial charge in [0.15, 0.2) is 5.96 Å². The Labute approximate surface area is 134 Å². The summed E-state index contributed by atoms with van der Waals surface area (Å²) in [5.41, 5.74) is 3.51. The molecule has 1 aliphatic rings. The summed E-state index contributed by atoms with van der Waals surface area (Å²) in [5.74, 6) is 0.846. The first kappa shape index (κ1) is 16.8. The number of aliphatic imine (C=N–C) groups is 1. The van der Waals surface area contributed by atoms with Gasteiger partial charge in [0.25, 0.3) is 0 Å². The topological polar surface area (TPSA) is 57.5 Å². The van der Waals surface area contributed by atoms with E-state index in [0.717, 1.165) is 30.8 Å². The summed E-state index contributed by atoms with van der Waals surface area (Å²) in [6.45, 7) is 8.05. The van der Waals surface area contributed by atoms with Gasteiger partial charge < -0.3 is 10.6 Å². The van der Waals surface area contributed by atoms with Gasteiger partial charge in [-0.1, -0.05) is 0 Å². The maximum absolute atomic E-state index is 4.45. The molecule has 6 heteroatoms. The van der Waals surface area contributed by atoms with E-state index in [2.05, 4.69) is 46.5 Å². The third-order valence-corrected chi connectivity index (χ3v) is 4.70. The number of aryl methyl sites for hydroxylation is 2. The third kappa shape index (κ3) is 4.00. The Bertz CT molecular complexity index is 529. The van der Waals surface area contributed by atoms with Crippen molar-refractivity contribution >= 4 is 5.96 Å². The van der Waals surface area contributed by atoms with Gasteiger partial charge in [0, 0.05) is 50.5 Å². The van der Waals surface area contributed by atoms with Crippen LogP contribution in [0.2, 0.25) is 0 Å². The van der Waals surface area contributed by atoms with Crippen molar-refractivity contribution in [3.05, 3.63) is 17.0 Å². The summed E-state index contributed by atoms with van der Waals surface area (Å²) < 4.78 is 1.93. The monoisotopic (exact) mass is 306 g/mol. The highest BCUT2D eigenvalue weighted by molar-refractivity contribution is 5.79. The molecule has 1 fully saturated rings. The SMILES string of the molecule is CN=C(NCc1c(C)nn(C)c1C)NCC(C)N(C)C1CC1. The molecule has 6 nitrogen and oxygen atoms in total. The number of nitrogens with zero attached hydrogens (tertiary/aromatic N) is 4. The van der Waals surface area contributed by atoms with Crippen LogP contribution >= 0.6 is 0 Å². The zero-order chi connectivity index (χ0) is 16.3. The number of hydrogen-bond donors (Lipinski definition) is 2. The minimum Gasteiger partial charge on any atom is -0.355 e. The molecule has 0 amide bonds. The second-order valence-electron chi connectivity index (χ2n) is 6.33. The van der Waals surface area contributed by atoms with Crippen molar-refractivity contribution in [3.63, 3.8) is 0 Å². The van der Waals surface area contributed by atoms with Crippen molar-refractivity contribution in [1.82, 2.24) is 25.3 Å². The molecule has 2 N–H and O–H groups in total. The van der Waals surface area contributed by atoms with E-state index in [1.54, 1.807) is 0 Å². The Morgan fingerprint density at radius 2 is 2.09 bits per heavy atom. The van der Waals surface area contributed by atoms with Crippen LogP contribution in [0.1, 0.15) is 36.7 Å². The smallest absolute Gasteiger partial charge is 0.191 e. The molecule has 0 spiro atoms. The fourth-order valence-electron chi connectivity index (χ4n) is 2.70. The predicted octanol–water partition coefficient (Wildman–Crippen LogP) is 1.18. The van der Waals surface area contributed by atoms with Gasteiger partial charge in [-0.25, -0.2) is 0 Å². The standard InChI is InChI=1S/C16H30N6/c1-11(21(5)14-7-8-14)9-18-16(17-4)19-10-15-12(2)20-22(6)13(15)3/h11,14H,7-10H2,1-6H3,(H2,17,18,19). The minimum atomic E-state index is 0.507. The van der Waals surface area contributed by atoms with E-state index >= 15 is 0 Å². The van der Waals surface area contributed by atoms with Crippen LogP contribution in [-0.2, 0) is 13.6 Å². The number of rotatable bonds is 6. The van der Waals surface area contributed by atoms with Crippen molar-refractivity contribution < 1.29 is 0 Å². The molecule has 124 valence electrons. The lowest BCUT2D eigenvalue weighted by Gasteiger charge is -2.25. The van der Waals surface area contributed by atoms with E-state index < -0.39 is 0 Å². The fourth-order valence-corrected chi connectivity index (χ4v) is 2.70. The van der Waals surface area contributed by atoms with E-state index in [4.69, 9.17) is 0 Å². The Balaban J connectivity index is 1.82. The van der Waals surface area contributed by atoms with Crippen LogP contribution < -0.4 is 10.6 Å². The highest BCUT2D eigenvalue weighted by Gasteiger charge is 2.28. The predicted molar refractivity (Wildman–Crippen MR) is 91.1 cm³/mol. The summed E-state index contributed by atoms with van der Waals surface area (Å²) in [4.78, 5) is 6.76. The molecule has 1 heterocycles. The first-order valence-corrected chi connectivity index (χ1v) is 8.09. The van der Waals surface area contributed by atoms with Gasteiger partial charge in [-0.2, -0.15) is 5.10 Å². The quantitative estimate of drug-likeness (QED) is 0.612. The molecular weight excluding hydrogens is 276 g/mol. The average molecular weight is 306 g/mol. The van der Waals surface area contributed by atoms with Crippen LogP contribution in [0.4, 0.5) is 0 Å². The third-order valence-electron chi connectivity index (χ3n) is 4.70.